The van der Waals surface area contributed by atoms with E-state index in [1.807, 2.05) is 6.92 Å². The van der Waals surface area contributed by atoms with Gasteiger partial charge < -0.3 is 5.73 Å². The van der Waals surface area contributed by atoms with Crippen LogP contribution >= 0.6 is 0 Å². The van der Waals surface area contributed by atoms with Crippen LogP contribution in [0, 0.1) is 6.92 Å². The van der Waals surface area contributed by atoms with Crippen molar-refractivity contribution < 1.29 is 0 Å². The van der Waals surface area contributed by atoms with E-state index in [2.05, 4.69) is 52.1 Å². The zero-order chi connectivity index (χ0) is 15.3. The van der Waals surface area contributed by atoms with E-state index < -0.39 is 0 Å². The van der Waals surface area contributed by atoms with Crippen molar-refractivity contribution in [3.8, 4) is 0 Å². The maximum absolute atomic E-state index is 5.48. The van der Waals surface area contributed by atoms with E-state index in [0.29, 0.717) is 0 Å². The fraction of sp³-hybridized carbons (Fsp3) is 0.368. The number of aryl methyl sites for hydroxylation is 3. The largest absolute Gasteiger partial charge is 0.398 e. The van der Waals surface area contributed by atoms with Gasteiger partial charge in [-0.05, 0) is 54.5 Å². The topological polar surface area (TPSA) is 26.0 Å². The number of rotatable bonds is 3. The average Bonchev–Trinajstić information content (AvgIpc) is 2.47. The third kappa shape index (κ3) is 3.63. The van der Waals surface area contributed by atoms with E-state index in [-0.39, 0.29) is 0 Å². The first-order valence-corrected chi connectivity index (χ1v) is 7.36. The minimum atomic E-state index is 0.815. The second-order valence-corrected chi connectivity index (χ2v) is 5.37. The zero-order valence-corrected chi connectivity index (χ0v) is 13.3. The summed E-state index contributed by atoms with van der Waals surface area (Å²) in [6, 6.07) is 6.80. The molecule has 0 saturated carbocycles. The highest BCUT2D eigenvalue weighted by atomic mass is 14.6. The summed E-state index contributed by atoms with van der Waals surface area (Å²) in [5, 5.41) is 0. The van der Waals surface area contributed by atoms with Crippen molar-refractivity contribution in [1.29, 1.82) is 0 Å². The van der Waals surface area contributed by atoms with Gasteiger partial charge in [0, 0.05) is 5.70 Å². The van der Waals surface area contributed by atoms with Crippen molar-refractivity contribution >= 4 is 0 Å². The Kier molecular flexibility index (Phi) is 5.82. The van der Waals surface area contributed by atoms with Gasteiger partial charge >= 0.3 is 0 Å². The molecule has 1 heteroatoms. The summed E-state index contributed by atoms with van der Waals surface area (Å²) < 4.78 is 0. The van der Waals surface area contributed by atoms with E-state index >= 15 is 0 Å². The molecule has 0 aliphatic heterocycles. The third-order valence-corrected chi connectivity index (χ3v) is 3.81. The molecule has 1 aliphatic carbocycles. The summed E-state index contributed by atoms with van der Waals surface area (Å²) in [6.45, 7) is 16.0. The number of nitrogens with two attached hydrogens (primary N) is 1. The predicted molar refractivity (Wildman–Crippen MR) is 89.7 cm³/mol. The van der Waals surface area contributed by atoms with Gasteiger partial charge in [-0.15, -0.1) is 0 Å². The molecular weight excluding hydrogens is 242 g/mol. The molecule has 1 aliphatic rings. The van der Waals surface area contributed by atoms with Crippen LogP contribution in [0.1, 0.15) is 43.9 Å². The van der Waals surface area contributed by atoms with Crippen molar-refractivity contribution in [3.05, 3.63) is 70.5 Å². The molecule has 2 rings (SSSR count). The quantitative estimate of drug-likeness (QED) is 0.833. The van der Waals surface area contributed by atoms with Gasteiger partial charge in [0.1, 0.15) is 0 Å². The lowest BCUT2D eigenvalue weighted by Crippen LogP contribution is -2.15. The molecule has 0 unspecified atom stereocenters. The molecule has 0 amide bonds. The minimum Gasteiger partial charge on any atom is -0.398 e. The highest BCUT2D eigenvalue weighted by molar-refractivity contribution is 5.65. The Morgan fingerprint density at radius 3 is 2.05 bits per heavy atom. The van der Waals surface area contributed by atoms with Crippen LogP contribution in [0.5, 0.6) is 0 Å². The fourth-order valence-electron chi connectivity index (χ4n) is 2.31. The van der Waals surface area contributed by atoms with Gasteiger partial charge in [-0.1, -0.05) is 57.2 Å². The van der Waals surface area contributed by atoms with E-state index in [1.54, 1.807) is 0 Å². The van der Waals surface area contributed by atoms with Crippen LogP contribution in [-0.2, 0) is 12.8 Å². The van der Waals surface area contributed by atoms with E-state index in [0.717, 1.165) is 28.8 Å². The highest BCUT2D eigenvalue weighted by Crippen LogP contribution is 2.32. The molecule has 108 valence electrons. The molecule has 0 fully saturated rings. The number of hydrogen-bond donors (Lipinski definition) is 1. The zero-order valence-electron chi connectivity index (χ0n) is 13.3. The SMILES string of the molecule is C=C1C(=C)C(N)=C1C.CCCc1ccc(C)cc1CC. The molecule has 0 aromatic heterocycles. The first-order valence-electron chi connectivity index (χ1n) is 7.36. The Labute approximate surface area is 123 Å². The molecule has 0 atom stereocenters. The number of hydrogen-bond acceptors (Lipinski definition) is 1. The third-order valence-electron chi connectivity index (χ3n) is 3.81. The van der Waals surface area contributed by atoms with Gasteiger partial charge in [-0.3, -0.25) is 0 Å². The molecule has 0 saturated heterocycles. The van der Waals surface area contributed by atoms with E-state index in [1.165, 1.54) is 29.5 Å². The summed E-state index contributed by atoms with van der Waals surface area (Å²) in [7, 11) is 0. The van der Waals surface area contributed by atoms with Crippen LogP contribution < -0.4 is 5.73 Å². The maximum Gasteiger partial charge on any atom is 0.0423 e. The van der Waals surface area contributed by atoms with Crippen LogP contribution in [-0.4, -0.2) is 0 Å². The van der Waals surface area contributed by atoms with Crippen molar-refractivity contribution in [1.82, 2.24) is 0 Å². The summed E-state index contributed by atoms with van der Waals surface area (Å²) in [5.74, 6) is 0. The van der Waals surface area contributed by atoms with Crippen LogP contribution in [0.3, 0.4) is 0 Å². The van der Waals surface area contributed by atoms with Crippen molar-refractivity contribution in [3.63, 3.8) is 0 Å². The summed E-state index contributed by atoms with van der Waals surface area (Å²) in [5.41, 5.74) is 13.7. The molecular formula is C19H27N. The standard InChI is InChI=1S/C12H18.C7H9N/c1-4-6-12-8-7-10(3)9-11(12)5-2;1-4-5(2)7(8)6(4)3/h7-9H,4-6H2,1-3H3;1-2,8H2,3H3. The van der Waals surface area contributed by atoms with Gasteiger partial charge in [-0.25, -0.2) is 0 Å². The van der Waals surface area contributed by atoms with Gasteiger partial charge in [-0.2, -0.15) is 0 Å². The normalized spacial score (nSPS) is 13.8. The summed E-state index contributed by atoms with van der Waals surface area (Å²) >= 11 is 0. The van der Waals surface area contributed by atoms with Gasteiger partial charge in [0.2, 0.25) is 0 Å². The monoisotopic (exact) mass is 269 g/mol. The van der Waals surface area contributed by atoms with E-state index in [9.17, 15) is 0 Å². The molecule has 20 heavy (non-hydrogen) atoms. The molecule has 0 bridgehead atoms. The Balaban J connectivity index is 0.000000217. The van der Waals surface area contributed by atoms with Gasteiger partial charge in [0.15, 0.2) is 0 Å². The summed E-state index contributed by atoms with van der Waals surface area (Å²) in [4.78, 5) is 0. The Morgan fingerprint density at radius 1 is 1.00 bits per heavy atom. The van der Waals surface area contributed by atoms with Crippen molar-refractivity contribution in [2.24, 2.45) is 5.73 Å². The molecule has 0 heterocycles. The molecule has 1 aromatic carbocycles. The van der Waals surface area contributed by atoms with Crippen molar-refractivity contribution in [2.45, 2.75) is 47.0 Å². The Morgan fingerprint density at radius 2 is 1.65 bits per heavy atom. The number of benzene rings is 1. The predicted octanol–water partition coefficient (Wildman–Crippen LogP) is 4.86. The molecule has 1 aromatic rings. The van der Waals surface area contributed by atoms with Gasteiger partial charge in [0.05, 0.1) is 0 Å². The lowest BCUT2D eigenvalue weighted by molar-refractivity contribution is 0.898. The average molecular weight is 269 g/mol. The van der Waals surface area contributed by atoms with Gasteiger partial charge in [0.25, 0.3) is 0 Å². The highest BCUT2D eigenvalue weighted by Gasteiger charge is 2.18. The smallest absolute Gasteiger partial charge is 0.0423 e. The molecule has 1 nitrogen and oxygen atoms in total. The molecule has 2 N–H and O–H groups in total. The van der Waals surface area contributed by atoms with Crippen LogP contribution in [0.4, 0.5) is 0 Å². The van der Waals surface area contributed by atoms with E-state index in [4.69, 9.17) is 5.73 Å². The second-order valence-electron chi connectivity index (χ2n) is 5.37. The molecule has 0 spiro atoms. The summed E-state index contributed by atoms with van der Waals surface area (Å²) in [6.07, 6.45) is 3.64. The maximum atomic E-state index is 5.48. The minimum absolute atomic E-state index is 0.815. The Bertz CT molecular complexity index is 525. The fourth-order valence-corrected chi connectivity index (χ4v) is 2.31. The van der Waals surface area contributed by atoms with Crippen LogP contribution in [0.2, 0.25) is 0 Å². The first-order chi connectivity index (χ1) is 9.42. The lowest BCUT2D eigenvalue weighted by atomic mass is 9.86. The van der Waals surface area contributed by atoms with Crippen LogP contribution in [0.15, 0.2) is 53.8 Å². The van der Waals surface area contributed by atoms with Crippen LogP contribution in [0.25, 0.3) is 0 Å². The van der Waals surface area contributed by atoms with Crippen molar-refractivity contribution in [2.75, 3.05) is 0 Å². The number of allylic oxidation sites excluding steroid dienone is 2. The first kappa shape index (κ1) is 16.3. The lowest BCUT2D eigenvalue weighted by Gasteiger charge is -2.22. The Hall–Kier alpha value is -1.76. The molecule has 0 radical (unpaired) electrons. The second kappa shape index (κ2) is 7.14.